The van der Waals surface area contributed by atoms with Gasteiger partial charge in [0.25, 0.3) is 0 Å². The summed E-state index contributed by atoms with van der Waals surface area (Å²) in [5.41, 5.74) is 0. The van der Waals surface area contributed by atoms with Crippen LogP contribution < -0.4 is 0 Å². The molecule has 0 spiro atoms. The molecule has 1 N–H and O–H groups in total. The number of rotatable bonds is 1. The predicted octanol–water partition coefficient (Wildman–Crippen LogP) is 2.37. The van der Waals surface area contributed by atoms with Crippen molar-refractivity contribution in [2.24, 2.45) is 7.05 Å². The highest BCUT2D eigenvalue weighted by molar-refractivity contribution is 5.18. The third-order valence-electron chi connectivity index (χ3n) is 1.99. The van der Waals surface area contributed by atoms with E-state index in [1.54, 1.807) is 24.3 Å². The Morgan fingerprint density at radius 3 is 2.20 bits per heavy atom. The first-order valence-electron chi connectivity index (χ1n) is 4.94. The highest BCUT2D eigenvalue weighted by Crippen LogP contribution is 2.02. The Kier molecular flexibility index (Phi) is 4.41. The number of nitrogens with zero attached hydrogens (tertiary/aromatic N) is 2. The number of aromatic hydroxyl groups is 1. The van der Waals surface area contributed by atoms with Gasteiger partial charge in [0.1, 0.15) is 11.6 Å². The second-order valence-corrected chi connectivity index (χ2v) is 3.14. The van der Waals surface area contributed by atoms with Crippen molar-refractivity contribution in [1.29, 1.82) is 0 Å². The Labute approximate surface area is 90.0 Å². The van der Waals surface area contributed by atoms with Crippen molar-refractivity contribution in [3.8, 4) is 5.75 Å². The zero-order valence-corrected chi connectivity index (χ0v) is 9.09. The minimum atomic E-state index is 0.322. The third-order valence-corrected chi connectivity index (χ3v) is 1.99. The Bertz CT molecular complexity index is 382. The average Bonchev–Trinajstić information content (AvgIpc) is 2.66. The molecular weight excluding hydrogens is 188 g/mol. The van der Waals surface area contributed by atoms with Crippen LogP contribution in [0.3, 0.4) is 0 Å². The van der Waals surface area contributed by atoms with Gasteiger partial charge in [0.2, 0.25) is 0 Å². The summed E-state index contributed by atoms with van der Waals surface area (Å²) in [7, 11) is 2.01. The maximum atomic E-state index is 8.63. The van der Waals surface area contributed by atoms with Crippen molar-refractivity contribution >= 4 is 0 Å². The molecule has 1 aromatic heterocycles. The van der Waals surface area contributed by atoms with E-state index in [9.17, 15) is 0 Å². The van der Waals surface area contributed by atoms with E-state index in [0.717, 1.165) is 12.2 Å². The van der Waals surface area contributed by atoms with Crippen LogP contribution in [0.4, 0.5) is 0 Å². The molecule has 0 aliphatic rings. The van der Waals surface area contributed by atoms with Gasteiger partial charge in [0.05, 0.1) is 0 Å². The van der Waals surface area contributed by atoms with Gasteiger partial charge in [-0.25, -0.2) is 4.98 Å². The molecule has 0 radical (unpaired) electrons. The first kappa shape index (κ1) is 11.3. The van der Waals surface area contributed by atoms with Gasteiger partial charge in [-0.1, -0.05) is 25.1 Å². The SMILES string of the molecule is CCc1nccn1C.Oc1ccccc1. The number of aromatic nitrogens is 2. The molecule has 3 heteroatoms. The zero-order valence-electron chi connectivity index (χ0n) is 9.09. The quantitative estimate of drug-likeness (QED) is 0.774. The summed E-state index contributed by atoms with van der Waals surface area (Å²) in [6.07, 6.45) is 4.79. The van der Waals surface area contributed by atoms with Crippen LogP contribution in [0.1, 0.15) is 12.7 Å². The summed E-state index contributed by atoms with van der Waals surface area (Å²) in [6, 6.07) is 8.71. The van der Waals surface area contributed by atoms with Crippen molar-refractivity contribution in [1.82, 2.24) is 9.55 Å². The molecular formula is C12H16N2O. The highest BCUT2D eigenvalue weighted by Gasteiger charge is 1.90. The molecule has 15 heavy (non-hydrogen) atoms. The molecule has 0 bridgehead atoms. The number of imidazole rings is 1. The molecule has 0 amide bonds. The van der Waals surface area contributed by atoms with E-state index >= 15 is 0 Å². The van der Waals surface area contributed by atoms with E-state index in [1.165, 1.54) is 0 Å². The number of benzene rings is 1. The fourth-order valence-corrected chi connectivity index (χ4v) is 1.17. The predicted molar refractivity (Wildman–Crippen MR) is 60.7 cm³/mol. The molecule has 0 atom stereocenters. The van der Waals surface area contributed by atoms with E-state index < -0.39 is 0 Å². The van der Waals surface area contributed by atoms with Gasteiger partial charge in [0.15, 0.2) is 0 Å². The molecule has 0 fully saturated rings. The smallest absolute Gasteiger partial charge is 0.115 e. The summed E-state index contributed by atoms with van der Waals surface area (Å²) in [5, 5.41) is 8.63. The molecule has 80 valence electrons. The maximum absolute atomic E-state index is 8.63. The first-order valence-corrected chi connectivity index (χ1v) is 4.94. The normalized spacial score (nSPS) is 9.20. The summed E-state index contributed by atoms with van der Waals surface area (Å²) in [6.45, 7) is 2.10. The van der Waals surface area contributed by atoms with Crippen LogP contribution in [0.2, 0.25) is 0 Å². The third kappa shape index (κ3) is 3.85. The lowest BCUT2D eigenvalue weighted by Crippen LogP contribution is -1.92. The molecule has 0 aliphatic heterocycles. The Hall–Kier alpha value is -1.77. The zero-order chi connectivity index (χ0) is 11.1. The van der Waals surface area contributed by atoms with E-state index in [1.807, 2.05) is 30.1 Å². The second-order valence-electron chi connectivity index (χ2n) is 3.14. The molecule has 3 nitrogen and oxygen atoms in total. The minimum Gasteiger partial charge on any atom is -0.508 e. The van der Waals surface area contributed by atoms with Gasteiger partial charge in [-0.3, -0.25) is 0 Å². The maximum Gasteiger partial charge on any atom is 0.115 e. The average molecular weight is 204 g/mol. The topological polar surface area (TPSA) is 38.0 Å². The molecule has 0 saturated heterocycles. The molecule has 2 rings (SSSR count). The standard InChI is InChI=1S/C6H10N2.C6H6O/c1-3-6-7-4-5-8(6)2;7-6-4-2-1-3-5-6/h4-5H,3H2,1-2H3;1-5,7H. The summed E-state index contributed by atoms with van der Waals surface area (Å²) in [5.74, 6) is 1.47. The number of phenols is 1. The first-order chi connectivity index (χ1) is 7.24. The van der Waals surface area contributed by atoms with Gasteiger partial charge in [-0.15, -0.1) is 0 Å². The monoisotopic (exact) mass is 204 g/mol. The number of aryl methyl sites for hydroxylation is 2. The van der Waals surface area contributed by atoms with Gasteiger partial charge < -0.3 is 9.67 Å². The Morgan fingerprint density at radius 1 is 1.27 bits per heavy atom. The fraction of sp³-hybridized carbons (Fsp3) is 0.250. The lowest BCUT2D eigenvalue weighted by atomic mass is 10.3. The van der Waals surface area contributed by atoms with Crippen molar-refractivity contribution in [3.63, 3.8) is 0 Å². The van der Waals surface area contributed by atoms with E-state index in [0.29, 0.717) is 5.75 Å². The van der Waals surface area contributed by atoms with E-state index in [2.05, 4.69) is 11.9 Å². The van der Waals surface area contributed by atoms with Crippen LogP contribution in [-0.2, 0) is 13.5 Å². The molecule has 0 unspecified atom stereocenters. The fourth-order valence-electron chi connectivity index (χ4n) is 1.17. The number of para-hydroxylation sites is 1. The molecule has 2 aromatic rings. The summed E-state index contributed by atoms with van der Waals surface area (Å²) < 4.78 is 2.03. The van der Waals surface area contributed by atoms with Crippen molar-refractivity contribution in [2.75, 3.05) is 0 Å². The number of hydrogen-bond donors (Lipinski definition) is 1. The summed E-state index contributed by atoms with van der Waals surface area (Å²) in [4.78, 5) is 4.10. The van der Waals surface area contributed by atoms with Crippen LogP contribution in [0.5, 0.6) is 5.75 Å². The minimum absolute atomic E-state index is 0.322. The van der Waals surface area contributed by atoms with Crippen LogP contribution in [0.15, 0.2) is 42.7 Å². The molecule has 0 aliphatic carbocycles. The summed E-state index contributed by atoms with van der Waals surface area (Å²) >= 11 is 0. The Morgan fingerprint density at radius 2 is 1.93 bits per heavy atom. The van der Waals surface area contributed by atoms with Crippen LogP contribution in [-0.4, -0.2) is 14.7 Å². The lowest BCUT2D eigenvalue weighted by Gasteiger charge is -1.92. The van der Waals surface area contributed by atoms with E-state index in [-0.39, 0.29) is 0 Å². The van der Waals surface area contributed by atoms with Crippen molar-refractivity contribution < 1.29 is 5.11 Å². The number of phenolic OH excluding ortho intramolecular Hbond substituents is 1. The second kappa shape index (κ2) is 5.86. The van der Waals surface area contributed by atoms with Crippen LogP contribution >= 0.6 is 0 Å². The van der Waals surface area contributed by atoms with Gasteiger partial charge in [0, 0.05) is 25.9 Å². The highest BCUT2D eigenvalue weighted by atomic mass is 16.3. The molecule has 1 heterocycles. The molecule has 1 aromatic carbocycles. The Balaban J connectivity index is 0.000000151. The number of hydrogen-bond acceptors (Lipinski definition) is 2. The van der Waals surface area contributed by atoms with Gasteiger partial charge in [-0.05, 0) is 12.1 Å². The van der Waals surface area contributed by atoms with Gasteiger partial charge in [-0.2, -0.15) is 0 Å². The molecule has 0 saturated carbocycles. The largest absolute Gasteiger partial charge is 0.508 e. The van der Waals surface area contributed by atoms with E-state index in [4.69, 9.17) is 5.11 Å². The van der Waals surface area contributed by atoms with Crippen LogP contribution in [0.25, 0.3) is 0 Å². The van der Waals surface area contributed by atoms with Gasteiger partial charge >= 0.3 is 0 Å². The lowest BCUT2D eigenvalue weighted by molar-refractivity contribution is 0.475. The van der Waals surface area contributed by atoms with Crippen LogP contribution in [0, 0.1) is 0 Å². The van der Waals surface area contributed by atoms with Crippen molar-refractivity contribution in [2.45, 2.75) is 13.3 Å². The van der Waals surface area contributed by atoms with Crippen molar-refractivity contribution in [3.05, 3.63) is 48.5 Å².